The van der Waals surface area contributed by atoms with Crippen LogP contribution in [0, 0.1) is 18.7 Å². The van der Waals surface area contributed by atoms with Gasteiger partial charge in [-0.1, -0.05) is 26.0 Å². The number of aromatic nitrogens is 2. The normalized spacial score (nSPS) is 12.6. The van der Waals surface area contributed by atoms with Crippen LogP contribution in [-0.2, 0) is 6.54 Å². The maximum atomic E-state index is 13.0. The molecule has 2 rings (SSSR count). The minimum atomic E-state index is -0.245. The molecule has 5 heteroatoms. The zero-order valence-electron chi connectivity index (χ0n) is 12.5. The minimum Gasteiger partial charge on any atom is -0.309 e. The first-order chi connectivity index (χ1) is 9.95. The van der Waals surface area contributed by atoms with E-state index in [2.05, 4.69) is 29.1 Å². The first kappa shape index (κ1) is 15.4. The Kier molecular flexibility index (Phi) is 4.85. The maximum absolute atomic E-state index is 13.0. The molecule has 2 N–H and O–H groups in total. The van der Waals surface area contributed by atoms with Gasteiger partial charge in [-0.2, -0.15) is 0 Å². The lowest BCUT2D eigenvalue weighted by Gasteiger charge is -2.22. The van der Waals surface area contributed by atoms with Crippen LogP contribution in [0.3, 0.4) is 0 Å². The van der Waals surface area contributed by atoms with E-state index in [1.54, 1.807) is 19.1 Å². The summed E-state index contributed by atoms with van der Waals surface area (Å²) >= 11 is 0. The molecule has 0 aliphatic rings. The fraction of sp³-hybridized carbons (Fsp3) is 0.375. The molecule has 0 spiro atoms. The van der Waals surface area contributed by atoms with Crippen LogP contribution < -0.4 is 10.9 Å². The Morgan fingerprint density at radius 2 is 1.95 bits per heavy atom. The van der Waals surface area contributed by atoms with Gasteiger partial charge in [0, 0.05) is 17.8 Å². The highest BCUT2D eigenvalue weighted by Crippen LogP contribution is 2.22. The lowest BCUT2D eigenvalue weighted by Crippen LogP contribution is -2.27. The van der Waals surface area contributed by atoms with Gasteiger partial charge >= 0.3 is 0 Å². The van der Waals surface area contributed by atoms with E-state index in [-0.39, 0.29) is 17.4 Å². The van der Waals surface area contributed by atoms with Crippen LogP contribution in [0.15, 0.2) is 35.1 Å². The van der Waals surface area contributed by atoms with Crippen LogP contribution in [0.4, 0.5) is 4.39 Å². The predicted octanol–water partition coefficient (Wildman–Crippen LogP) is 2.70. The second kappa shape index (κ2) is 6.63. The van der Waals surface area contributed by atoms with Crippen molar-refractivity contribution in [2.75, 3.05) is 0 Å². The largest absolute Gasteiger partial charge is 0.309 e. The molecule has 0 bridgehead atoms. The first-order valence-corrected chi connectivity index (χ1v) is 7.01. The van der Waals surface area contributed by atoms with Crippen molar-refractivity contribution in [3.8, 4) is 0 Å². The van der Waals surface area contributed by atoms with Gasteiger partial charge in [0.05, 0.1) is 6.54 Å². The number of hydrogen-bond donors (Lipinski definition) is 2. The topological polar surface area (TPSA) is 57.8 Å². The summed E-state index contributed by atoms with van der Waals surface area (Å²) in [6.07, 6.45) is 0. The Balaban J connectivity index is 2.13. The van der Waals surface area contributed by atoms with E-state index in [0.29, 0.717) is 24.0 Å². The molecule has 2 aromatic rings. The molecule has 1 aromatic carbocycles. The molecule has 0 aliphatic carbocycles. The van der Waals surface area contributed by atoms with E-state index in [4.69, 9.17) is 0 Å². The molecule has 0 saturated heterocycles. The molecule has 0 saturated carbocycles. The SMILES string of the molecule is Cc1cc(=O)[nH]c(CN[C@@H](c2ccc(F)cc2)C(C)C)n1. The van der Waals surface area contributed by atoms with E-state index in [0.717, 1.165) is 5.56 Å². The standard InChI is InChI=1S/C16H20FN3O/c1-10(2)16(12-4-6-13(17)7-5-12)18-9-14-19-11(3)8-15(21)20-14/h4-8,10,16,18H,9H2,1-3H3,(H,19,20,21)/t16-/m1/s1. The zero-order chi connectivity index (χ0) is 15.4. The fourth-order valence-corrected chi connectivity index (χ4v) is 2.34. The van der Waals surface area contributed by atoms with Crippen LogP contribution >= 0.6 is 0 Å². The summed E-state index contributed by atoms with van der Waals surface area (Å²) in [5, 5.41) is 3.37. The molecule has 112 valence electrons. The Morgan fingerprint density at radius 3 is 2.52 bits per heavy atom. The van der Waals surface area contributed by atoms with E-state index in [1.165, 1.54) is 18.2 Å². The number of halogens is 1. The quantitative estimate of drug-likeness (QED) is 0.889. The van der Waals surface area contributed by atoms with E-state index in [9.17, 15) is 9.18 Å². The van der Waals surface area contributed by atoms with Gasteiger partial charge in [0.2, 0.25) is 0 Å². The van der Waals surface area contributed by atoms with Gasteiger partial charge in [-0.3, -0.25) is 4.79 Å². The minimum absolute atomic E-state index is 0.0661. The third-order valence-corrected chi connectivity index (χ3v) is 3.30. The Labute approximate surface area is 123 Å². The number of nitrogens with zero attached hydrogens (tertiary/aromatic N) is 1. The molecule has 0 unspecified atom stereocenters. The number of rotatable bonds is 5. The zero-order valence-corrected chi connectivity index (χ0v) is 12.5. The van der Waals surface area contributed by atoms with Crippen molar-refractivity contribution >= 4 is 0 Å². The smallest absolute Gasteiger partial charge is 0.251 e. The summed E-state index contributed by atoms with van der Waals surface area (Å²) in [5.74, 6) is 0.686. The average Bonchev–Trinajstić information content (AvgIpc) is 2.39. The van der Waals surface area contributed by atoms with Gasteiger partial charge in [0.15, 0.2) is 0 Å². The molecule has 21 heavy (non-hydrogen) atoms. The Hall–Kier alpha value is -2.01. The molecule has 1 heterocycles. The predicted molar refractivity (Wildman–Crippen MR) is 80.4 cm³/mol. The summed E-state index contributed by atoms with van der Waals surface area (Å²) in [4.78, 5) is 18.4. The van der Waals surface area contributed by atoms with Crippen LogP contribution in [0.5, 0.6) is 0 Å². The monoisotopic (exact) mass is 289 g/mol. The Morgan fingerprint density at radius 1 is 1.29 bits per heavy atom. The number of nitrogens with one attached hydrogen (secondary N) is 2. The first-order valence-electron chi connectivity index (χ1n) is 7.01. The van der Waals surface area contributed by atoms with Crippen LogP contribution in [0.1, 0.15) is 37.0 Å². The number of aryl methyl sites for hydroxylation is 1. The number of hydrogen-bond acceptors (Lipinski definition) is 3. The van der Waals surface area contributed by atoms with Crippen molar-refractivity contribution in [2.24, 2.45) is 5.92 Å². The second-order valence-electron chi connectivity index (χ2n) is 5.49. The molecule has 0 fully saturated rings. The molecule has 0 amide bonds. The molecule has 0 aliphatic heterocycles. The third kappa shape index (κ3) is 4.23. The highest BCUT2D eigenvalue weighted by atomic mass is 19.1. The lowest BCUT2D eigenvalue weighted by atomic mass is 9.96. The van der Waals surface area contributed by atoms with Crippen molar-refractivity contribution < 1.29 is 4.39 Å². The second-order valence-corrected chi connectivity index (χ2v) is 5.49. The van der Waals surface area contributed by atoms with Gasteiger partial charge in [-0.25, -0.2) is 9.37 Å². The van der Waals surface area contributed by atoms with Crippen molar-refractivity contribution in [2.45, 2.75) is 33.4 Å². The summed E-state index contributed by atoms with van der Waals surface area (Å²) < 4.78 is 13.0. The highest BCUT2D eigenvalue weighted by molar-refractivity contribution is 5.20. The van der Waals surface area contributed by atoms with Crippen molar-refractivity contribution in [1.82, 2.24) is 15.3 Å². The lowest BCUT2D eigenvalue weighted by molar-refractivity contribution is 0.405. The van der Waals surface area contributed by atoms with Crippen molar-refractivity contribution in [3.05, 3.63) is 63.6 Å². The summed E-state index contributed by atoms with van der Waals surface area (Å²) in [5.41, 5.74) is 1.56. The van der Waals surface area contributed by atoms with Gasteiger partial charge in [-0.05, 0) is 30.5 Å². The van der Waals surface area contributed by atoms with Gasteiger partial charge in [-0.15, -0.1) is 0 Å². The van der Waals surface area contributed by atoms with Crippen molar-refractivity contribution in [1.29, 1.82) is 0 Å². The van der Waals surface area contributed by atoms with Crippen LogP contribution in [-0.4, -0.2) is 9.97 Å². The van der Waals surface area contributed by atoms with Crippen LogP contribution in [0.2, 0.25) is 0 Å². The van der Waals surface area contributed by atoms with Gasteiger partial charge in [0.25, 0.3) is 5.56 Å². The molecule has 1 aromatic heterocycles. The molecule has 0 radical (unpaired) electrons. The van der Waals surface area contributed by atoms with E-state index in [1.807, 2.05) is 0 Å². The average molecular weight is 289 g/mol. The molecule has 4 nitrogen and oxygen atoms in total. The van der Waals surface area contributed by atoms with E-state index < -0.39 is 0 Å². The summed E-state index contributed by atoms with van der Waals surface area (Å²) in [6.45, 7) is 6.43. The fourth-order valence-electron chi connectivity index (χ4n) is 2.34. The van der Waals surface area contributed by atoms with Gasteiger partial charge in [0.1, 0.15) is 11.6 Å². The molecular formula is C16H20FN3O. The number of benzene rings is 1. The van der Waals surface area contributed by atoms with Gasteiger partial charge < -0.3 is 10.3 Å². The highest BCUT2D eigenvalue weighted by Gasteiger charge is 2.15. The van der Waals surface area contributed by atoms with Crippen LogP contribution in [0.25, 0.3) is 0 Å². The Bertz CT molecular complexity index is 649. The van der Waals surface area contributed by atoms with Crippen molar-refractivity contribution in [3.63, 3.8) is 0 Å². The summed E-state index contributed by atoms with van der Waals surface area (Å²) in [7, 11) is 0. The molecule has 1 atom stereocenters. The number of aromatic amines is 1. The van der Waals surface area contributed by atoms with E-state index >= 15 is 0 Å². The molecular weight excluding hydrogens is 269 g/mol. The number of H-pyrrole nitrogens is 1. The summed E-state index contributed by atoms with van der Waals surface area (Å²) in [6, 6.07) is 8.00. The maximum Gasteiger partial charge on any atom is 0.251 e. The third-order valence-electron chi connectivity index (χ3n) is 3.30.